The molecule has 0 aliphatic heterocycles. The lowest BCUT2D eigenvalue weighted by atomic mass is 10.1. The van der Waals surface area contributed by atoms with Crippen LogP contribution in [0, 0.1) is 10.1 Å². The lowest BCUT2D eigenvalue weighted by molar-refractivity contribution is -0.384. The van der Waals surface area contributed by atoms with E-state index in [0.717, 1.165) is 0 Å². The summed E-state index contributed by atoms with van der Waals surface area (Å²) in [7, 11) is 0. The van der Waals surface area contributed by atoms with E-state index in [4.69, 9.17) is 0 Å². The van der Waals surface area contributed by atoms with Crippen LogP contribution in [0.2, 0.25) is 0 Å². The maximum atomic E-state index is 11.8. The van der Waals surface area contributed by atoms with Crippen LogP contribution in [0.25, 0.3) is 11.4 Å². The molecule has 19 heavy (non-hydrogen) atoms. The monoisotopic (exact) mass is 323 g/mol. The molecule has 0 aliphatic rings. The van der Waals surface area contributed by atoms with Gasteiger partial charge in [-0.05, 0) is 28.4 Å². The molecule has 0 unspecified atom stereocenters. The highest BCUT2D eigenvalue weighted by molar-refractivity contribution is 9.10. The van der Waals surface area contributed by atoms with Crippen LogP contribution in [0.1, 0.15) is 12.6 Å². The normalized spacial score (nSPS) is 10.4. The Morgan fingerprint density at radius 2 is 2.11 bits per heavy atom. The fourth-order valence-corrected chi connectivity index (χ4v) is 2.17. The maximum Gasteiger partial charge on any atom is 0.280 e. The van der Waals surface area contributed by atoms with E-state index in [0.29, 0.717) is 22.2 Å². The van der Waals surface area contributed by atoms with Gasteiger partial charge in [0.25, 0.3) is 11.2 Å². The van der Waals surface area contributed by atoms with Crippen molar-refractivity contribution >= 4 is 21.6 Å². The van der Waals surface area contributed by atoms with Crippen LogP contribution in [-0.4, -0.2) is 14.9 Å². The first-order chi connectivity index (χ1) is 9.04. The molecule has 1 N–H and O–H groups in total. The van der Waals surface area contributed by atoms with Crippen molar-refractivity contribution in [2.75, 3.05) is 0 Å². The van der Waals surface area contributed by atoms with Gasteiger partial charge in [0, 0.05) is 6.07 Å². The lowest BCUT2D eigenvalue weighted by Gasteiger charge is -2.05. The molecular formula is C12H10BrN3O3. The molecule has 98 valence electrons. The zero-order chi connectivity index (χ0) is 14.0. The molecule has 0 saturated heterocycles. The molecule has 0 bridgehead atoms. The second kappa shape index (κ2) is 5.31. The third-order valence-corrected chi connectivity index (χ3v) is 3.44. The standard InChI is InChI=1S/C12H10BrN3O3/c1-2-8-10(13)12(17)15-11(14-8)7-5-3-4-6-9(7)16(18)19/h3-6H,2H2,1H3,(H,14,15,17). The van der Waals surface area contributed by atoms with Crippen molar-refractivity contribution in [1.29, 1.82) is 0 Å². The number of benzene rings is 1. The number of halogens is 1. The van der Waals surface area contributed by atoms with Crippen LogP contribution in [0.3, 0.4) is 0 Å². The van der Waals surface area contributed by atoms with E-state index < -0.39 is 4.92 Å². The second-order valence-corrected chi connectivity index (χ2v) is 4.60. The van der Waals surface area contributed by atoms with E-state index in [1.54, 1.807) is 18.2 Å². The van der Waals surface area contributed by atoms with Gasteiger partial charge in [-0.25, -0.2) is 4.98 Å². The van der Waals surface area contributed by atoms with Crippen molar-refractivity contribution < 1.29 is 4.92 Å². The Hall–Kier alpha value is -2.02. The summed E-state index contributed by atoms with van der Waals surface area (Å²) in [4.78, 5) is 29.0. The smallest absolute Gasteiger partial charge is 0.280 e. The van der Waals surface area contributed by atoms with Crippen molar-refractivity contribution in [2.24, 2.45) is 0 Å². The number of nitrogens with one attached hydrogen (secondary N) is 1. The van der Waals surface area contributed by atoms with E-state index in [1.807, 2.05) is 6.92 Å². The van der Waals surface area contributed by atoms with Crippen molar-refractivity contribution in [3.05, 3.63) is 54.9 Å². The van der Waals surface area contributed by atoms with Crippen molar-refractivity contribution in [2.45, 2.75) is 13.3 Å². The minimum absolute atomic E-state index is 0.0879. The molecular weight excluding hydrogens is 314 g/mol. The SMILES string of the molecule is CCc1nc(-c2ccccc2[N+](=O)[O-])[nH]c(=O)c1Br. The van der Waals surface area contributed by atoms with Crippen LogP contribution < -0.4 is 5.56 Å². The number of H-pyrrole nitrogens is 1. The Kier molecular flexibility index (Phi) is 3.75. The van der Waals surface area contributed by atoms with Gasteiger partial charge in [0.05, 0.1) is 16.2 Å². The summed E-state index contributed by atoms with van der Waals surface area (Å²) in [5.74, 6) is 0.206. The first-order valence-corrected chi connectivity index (χ1v) is 6.36. The molecule has 1 aromatic heterocycles. The zero-order valence-corrected chi connectivity index (χ0v) is 11.6. The number of nitrogens with zero attached hydrogens (tertiary/aromatic N) is 2. The summed E-state index contributed by atoms with van der Waals surface area (Å²) >= 11 is 3.15. The third-order valence-electron chi connectivity index (χ3n) is 2.62. The Bertz CT molecular complexity index is 697. The number of hydrogen-bond donors (Lipinski definition) is 1. The molecule has 7 heteroatoms. The zero-order valence-electron chi connectivity index (χ0n) is 10.0. The number of rotatable bonds is 3. The minimum Gasteiger partial charge on any atom is -0.305 e. The summed E-state index contributed by atoms with van der Waals surface area (Å²) < 4.78 is 0.359. The van der Waals surface area contributed by atoms with Gasteiger partial charge in [0.15, 0.2) is 0 Å². The van der Waals surface area contributed by atoms with Crippen LogP contribution in [-0.2, 0) is 6.42 Å². The van der Waals surface area contributed by atoms with Gasteiger partial charge in [-0.3, -0.25) is 14.9 Å². The number of aromatic amines is 1. The Labute approximate surface area is 116 Å². The van der Waals surface area contributed by atoms with Gasteiger partial charge in [0.1, 0.15) is 10.3 Å². The van der Waals surface area contributed by atoms with E-state index >= 15 is 0 Å². The summed E-state index contributed by atoms with van der Waals surface area (Å²) in [5, 5.41) is 11.0. The Morgan fingerprint density at radius 3 is 2.74 bits per heavy atom. The summed E-state index contributed by atoms with van der Waals surface area (Å²) in [6.07, 6.45) is 0.554. The number of nitro benzene ring substituents is 1. The first-order valence-electron chi connectivity index (χ1n) is 5.57. The van der Waals surface area contributed by atoms with Gasteiger partial charge in [-0.15, -0.1) is 0 Å². The average molecular weight is 324 g/mol. The molecule has 0 saturated carbocycles. The predicted octanol–water partition coefficient (Wildman–Crippen LogP) is 2.67. The highest BCUT2D eigenvalue weighted by Gasteiger charge is 2.17. The van der Waals surface area contributed by atoms with Crippen molar-refractivity contribution in [1.82, 2.24) is 9.97 Å². The van der Waals surface area contributed by atoms with E-state index in [1.165, 1.54) is 6.07 Å². The fourth-order valence-electron chi connectivity index (χ4n) is 1.70. The van der Waals surface area contributed by atoms with Gasteiger partial charge in [0.2, 0.25) is 0 Å². The largest absolute Gasteiger partial charge is 0.305 e. The molecule has 0 amide bonds. The number of hydrogen-bond acceptors (Lipinski definition) is 4. The highest BCUT2D eigenvalue weighted by Crippen LogP contribution is 2.26. The van der Waals surface area contributed by atoms with Gasteiger partial charge in [-0.2, -0.15) is 0 Å². The fraction of sp³-hybridized carbons (Fsp3) is 0.167. The van der Waals surface area contributed by atoms with Gasteiger partial charge < -0.3 is 4.98 Å². The average Bonchev–Trinajstić information content (AvgIpc) is 2.41. The lowest BCUT2D eigenvalue weighted by Crippen LogP contribution is -2.13. The van der Waals surface area contributed by atoms with Crippen molar-refractivity contribution in [3.8, 4) is 11.4 Å². The van der Waals surface area contributed by atoms with E-state index in [-0.39, 0.29) is 17.1 Å². The van der Waals surface area contributed by atoms with Gasteiger partial charge in [-0.1, -0.05) is 19.1 Å². The molecule has 2 rings (SSSR count). The molecule has 2 aromatic rings. The third kappa shape index (κ3) is 2.55. The second-order valence-electron chi connectivity index (χ2n) is 3.80. The van der Waals surface area contributed by atoms with Gasteiger partial charge >= 0.3 is 0 Å². The minimum atomic E-state index is -0.497. The molecule has 0 atom stereocenters. The van der Waals surface area contributed by atoms with Crippen molar-refractivity contribution in [3.63, 3.8) is 0 Å². The first kappa shape index (κ1) is 13.4. The van der Waals surface area contributed by atoms with E-state index in [2.05, 4.69) is 25.9 Å². The molecule has 0 fully saturated rings. The number of para-hydroxylation sites is 1. The van der Waals surface area contributed by atoms with E-state index in [9.17, 15) is 14.9 Å². The molecule has 6 nitrogen and oxygen atoms in total. The summed E-state index contributed by atoms with van der Waals surface area (Å²) in [6, 6.07) is 6.17. The Morgan fingerprint density at radius 1 is 1.42 bits per heavy atom. The number of aryl methyl sites for hydroxylation is 1. The van der Waals surface area contributed by atoms with Crippen LogP contribution in [0.5, 0.6) is 0 Å². The summed E-state index contributed by atoms with van der Waals surface area (Å²) in [5.41, 5.74) is 0.429. The molecule has 1 aromatic carbocycles. The molecule has 0 radical (unpaired) electrons. The predicted molar refractivity (Wildman–Crippen MR) is 74.0 cm³/mol. The Balaban J connectivity index is 2.70. The number of aromatic nitrogens is 2. The van der Waals surface area contributed by atoms with Crippen LogP contribution in [0.15, 0.2) is 33.5 Å². The summed E-state index contributed by atoms with van der Waals surface area (Å²) in [6.45, 7) is 1.86. The molecule has 0 aliphatic carbocycles. The maximum absolute atomic E-state index is 11.8. The molecule has 0 spiro atoms. The molecule has 1 heterocycles. The number of nitro groups is 1. The highest BCUT2D eigenvalue weighted by atomic mass is 79.9. The van der Waals surface area contributed by atoms with Crippen LogP contribution >= 0.6 is 15.9 Å². The topological polar surface area (TPSA) is 88.9 Å². The quantitative estimate of drug-likeness (QED) is 0.694. The van der Waals surface area contributed by atoms with Crippen LogP contribution in [0.4, 0.5) is 5.69 Å².